The van der Waals surface area contributed by atoms with E-state index in [4.69, 9.17) is 11.6 Å². The molecule has 19 heavy (non-hydrogen) atoms. The number of carbonyl (C=O) groups excluding carboxylic acids is 1. The molecule has 98 valence electrons. The normalized spacial score (nSPS) is 10.0. The SMILES string of the molecule is COC(=O)c1ccc(Cl)c(NCc2cncnc2)c1. The minimum atomic E-state index is -0.400. The quantitative estimate of drug-likeness (QED) is 0.870. The first-order chi connectivity index (χ1) is 9.20. The zero-order valence-electron chi connectivity index (χ0n) is 10.3. The molecule has 0 unspecified atom stereocenters. The standard InChI is InChI=1S/C13H12ClN3O2/c1-19-13(18)10-2-3-11(14)12(4-10)17-7-9-5-15-8-16-6-9/h2-6,8,17H,7H2,1H3. The molecule has 0 saturated carbocycles. The summed E-state index contributed by atoms with van der Waals surface area (Å²) in [5.74, 6) is -0.400. The molecule has 0 fully saturated rings. The van der Waals surface area contributed by atoms with E-state index in [1.165, 1.54) is 13.4 Å². The van der Waals surface area contributed by atoms with Crippen LogP contribution in [0, 0.1) is 0 Å². The predicted molar refractivity (Wildman–Crippen MR) is 72.2 cm³/mol. The number of methoxy groups -OCH3 is 1. The number of aromatic nitrogens is 2. The van der Waals surface area contributed by atoms with Crippen LogP contribution in [0.3, 0.4) is 0 Å². The zero-order chi connectivity index (χ0) is 13.7. The van der Waals surface area contributed by atoms with Gasteiger partial charge in [0.15, 0.2) is 0 Å². The van der Waals surface area contributed by atoms with Gasteiger partial charge in [-0.15, -0.1) is 0 Å². The summed E-state index contributed by atoms with van der Waals surface area (Å²) in [5, 5.41) is 3.66. The lowest BCUT2D eigenvalue weighted by atomic mass is 10.2. The second kappa shape index (κ2) is 6.15. The number of halogens is 1. The average molecular weight is 278 g/mol. The Labute approximate surface area is 115 Å². The van der Waals surface area contributed by atoms with Gasteiger partial charge in [0.25, 0.3) is 0 Å². The number of nitrogens with one attached hydrogen (secondary N) is 1. The number of nitrogens with zero attached hydrogens (tertiary/aromatic N) is 2. The molecule has 0 atom stereocenters. The van der Waals surface area contributed by atoms with E-state index >= 15 is 0 Å². The van der Waals surface area contributed by atoms with Crippen LogP contribution >= 0.6 is 11.6 Å². The number of anilines is 1. The van der Waals surface area contributed by atoms with Crippen molar-refractivity contribution in [2.24, 2.45) is 0 Å². The van der Waals surface area contributed by atoms with Crippen LogP contribution in [-0.2, 0) is 11.3 Å². The van der Waals surface area contributed by atoms with Gasteiger partial charge in [-0.2, -0.15) is 0 Å². The second-order valence-electron chi connectivity index (χ2n) is 3.79. The smallest absolute Gasteiger partial charge is 0.337 e. The number of hydrogen-bond acceptors (Lipinski definition) is 5. The van der Waals surface area contributed by atoms with E-state index in [0.29, 0.717) is 22.8 Å². The van der Waals surface area contributed by atoms with Crippen molar-refractivity contribution in [2.45, 2.75) is 6.54 Å². The molecule has 1 N–H and O–H groups in total. The van der Waals surface area contributed by atoms with Crippen molar-refractivity contribution in [2.75, 3.05) is 12.4 Å². The lowest BCUT2D eigenvalue weighted by Crippen LogP contribution is -2.05. The predicted octanol–water partition coefficient (Wildman–Crippen LogP) is 2.53. The molecule has 0 aliphatic heterocycles. The highest BCUT2D eigenvalue weighted by Crippen LogP contribution is 2.23. The Hall–Kier alpha value is -2.14. The van der Waals surface area contributed by atoms with E-state index in [9.17, 15) is 4.79 Å². The minimum absolute atomic E-state index is 0.400. The van der Waals surface area contributed by atoms with Crippen molar-refractivity contribution in [3.8, 4) is 0 Å². The fraction of sp³-hybridized carbons (Fsp3) is 0.154. The van der Waals surface area contributed by atoms with Gasteiger partial charge in [-0.05, 0) is 18.2 Å². The number of benzene rings is 1. The number of carbonyl (C=O) groups is 1. The molecular weight excluding hydrogens is 266 g/mol. The third-order valence-corrected chi connectivity index (χ3v) is 2.81. The van der Waals surface area contributed by atoms with Gasteiger partial charge in [0.05, 0.1) is 23.4 Å². The van der Waals surface area contributed by atoms with Gasteiger partial charge in [0.1, 0.15) is 6.33 Å². The first kappa shape index (κ1) is 13.3. The van der Waals surface area contributed by atoms with E-state index < -0.39 is 5.97 Å². The second-order valence-corrected chi connectivity index (χ2v) is 4.19. The van der Waals surface area contributed by atoms with Gasteiger partial charge in [-0.25, -0.2) is 14.8 Å². The molecule has 0 radical (unpaired) electrons. The molecule has 0 saturated heterocycles. The third-order valence-electron chi connectivity index (χ3n) is 2.48. The van der Waals surface area contributed by atoms with Crippen LogP contribution in [0.4, 0.5) is 5.69 Å². The minimum Gasteiger partial charge on any atom is -0.465 e. The topological polar surface area (TPSA) is 64.1 Å². The highest BCUT2D eigenvalue weighted by molar-refractivity contribution is 6.33. The Bertz CT molecular complexity index is 575. The highest BCUT2D eigenvalue weighted by Gasteiger charge is 2.08. The van der Waals surface area contributed by atoms with Gasteiger partial charge >= 0.3 is 5.97 Å². The van der Waals surface area contributed by atoms with Gasteiger partial charge in [-0.1, -0.05) is 11.6 Å². The number of rotatable bonds is 4. The van der Waals surface area contributed by atoms with E-state index in [-0.39, 0.29) is 0 Å². The molecule has 1 aromatic heterocycles. The molecule has 0 spiro atoms. The fourth-order valence-corrected chi connectivity index (χ4v) is 1.71. The molecule has 6 heteroatoms. The maximum Gasteiger partial charge on any atom is 0.337 e. The summed E-state index contributed by atoms with van der Waals surface area (Å²) in [6.07, 6.45) is 4.88. The van der Waals surface area contributed by atoms with Gasteiger partial charge in [-0.3, -0.25) is 0 Å². The van der Waals surface area contributed by atoms with E-state index in [1.54, 1.807) is 30.6 Å². The first-order valence-electron chi connectivity index (χ1n) is 5.56. The van der Waals surface area contributed by atoms with Crippen LogP contribution in [0.2, 0.25) is 5.02 Å². The Morgan fingerprint density at radius 2 is 2.11 bits per heavy atom. The summed E-state index contributed by atoms with van der Waals surface area (Å²) in [6, 6.07) is 4.92. The summed E-state index contributed by atoms with van der Waals surface area (Å²) in [5.41, 5.74) is 2.02. The molecule has 5 nitrogen and oxygen atoms in total. The van der Waals surface area contributed by atoms with Crippen LogP contribution in [0.1, 0.15) is 15.9 Å². The molecule has 1 aromatic carbocycles. The lowest BCUT2D eigenvalue weighted by Gasteiger charge is -2.09. The summed E-state index contributed by atoms with van der Waals surface area (Å²) in [4.78, 5) is 19.3. The van der Waals surface area contributed by atoms with Crippen molar-refractivity contribution in [1.29, 1.82) is 0 Å². The first-order valence-corrected chi connectivity index (χ1v) is 5.94. The van der Waals surface area contributed by atoms with Gasteiger partial charge in [0.2, 0.25) is 0 Å². The zero-order valence-corrected chi connectivity index (χ0v) is 11.0. The van der Waals surface area contributed by atoms with Crippen molar-refractivity contribution >= 4 is 23.3 Å². The maximum absolute atomic E-state index is 11.4. The fourth-order valence-electron chi connectivity index (χ4n) is 1.52. The van der Waals surface area contributed by atoms with E-state index in [1.807, 2.05) is 0 Å². The number of hydrogen-bond donors (Lipinski definition) is 1. The Balaban J connectivity index is 2.13. The molecule has 1 heterocycles. The molecule has 2 rings (SSSR count). The van der Waals surface area contributed by atoms with Crippen LogP contribution < -0.4 is 5.32 Å². The van der Waals surface area contributed by atoms with Crippen LogP contribution in [0.5, 0.6) is 0 Å². The summed E-state index contributed by atoms with van der Waals surface area (Å²) < 4.78 is 4.66. The number of ether oxygens (including phenoxy) is 1. The van der Waals surface area contributed by atoms with Gasteiger partial charge < -0.3 is 10.1 Å². The molecule has 0 bridgehead atoms. The summed E-state index contributed by atoms with van der Waals surface area (Å²) in [7, 11) is 1.34. The molecule has 2 aromatic rings. The highest BCUT2D eigenvalue weighted by atomic mass is 35.5. The molecular formula is C13H12ClN3O2. The number of esters is 1. The van der Waals surface area contributed by atoms with Crippen molar-refractivity contribution in [3.63, 3.8) is 0 Å². The van der Waals surface area contributed by atoms with Crippen molar-refractivity contribution in [3.05, 3.63) is 53.1 Å². The Kier molecular flexibility index (Phi) is 4.30. The van der Waals surface area contributed by atoms with Crippen molar-refractivity contribution < 1.29 is 9.53 Å². The Morgan fingerprint density at radius 1 is 1.37 bits per heavy atom. The Morgan fingerprint density at radius 3 is 2.79 bits per heavy atom. The van der Waals surface area contributed by atoms with Crippen LogP contribution in [-0.4, -0.2) is 23.0 Å². The maximum atomic E-state index is 11.4. The van der Waals surface area contributed by atoms with E-state index in [2.05, 4.69) is 20.0 Å². The van der Waals surface area contributed by atoms with Crippen molar-refractivity contribution in [1.82, 2.24) is 9.97 Å². The molecule has 0 amide bonds. The largest absolute Gasteiger partial charge is 0.465 e. The molecule has 0 aliphatic rings. The summed E-state index contributed by atoms with van der Waals surface area (Å²) in [6.45, 7) is 0.519. The van der Waals surface area contributed by atoms with Gasteiger partial charge in [0, 0.05) is 24.5 Å². The van der Waals surface area contributed by atoms with E-state index in [0.717, 1.165) is 5.56 Å². The lowest BCUT2D eigenvalue weighted by molar-refractivity contribution is 0.0601. The van der Waals surface area contributed by atoms with Crippen LogP contribution in [0.25, 0.3) is 0 Å². The summed E-state index contributed by atoms with van der Waals surface area (Å²) >= 11 is 6.06. The monoisotopic (exact) mass is 277 g/mol. The van der Waals surface area contributed by atoms with Crippen LogP contribution in [0.15, 0.2) is 36.9 Å². The third kappa shape index (κ3) is 3.42. The molecule has 0 aliphatic carbocycles. The average Bonchev–Trinajstić information content (AvgIpc) is 2.46.